The van der Waals surface area contributed by atoms with E-state index in [1.54, 1.807) is 7.11 Å². The van der Waals surface area contributed by atoms with Crippen molar-refractivity contribution in [3.8, 4) is 0 Å². The maximum Gasteiger partial charge on any atom is 0.0785 e. The van der Waals surface area contributed by atoms with Crippen molar-refractivity contribution in [1.29, 1.82) is 0 Å². The van der Waals surface area contributed by atoms with Crippen molar-refractivity contribution in [2.24, 2.45) is 0 Å². The minimum atomic E-state index is -0.387. The molecule has 2 N–H and O–H groups in total. The molecule has 0 saturated heterocycles. The van der Waals surface area contributed by atoms with Gasteiger partial charge in [0, 0.05) is 17.6 Å². The zero-order valence-corrected chi connectivity index (χ0v) is 12.6. The maximum absolute atomic E-state index is 9.58. The molecular formula is C14H22BrNO2. The Labute approximate surface area is 118 Å². The lowest BCUT2D eigenvalue weighted by Gasteiger charge is -2.19. The van der Waals surface area contributed by atoms with Crippen molar-refractivity contribution in [1.82, 2.24) is 5.32 Å². The Kier molecular flexibility index (Phi) is 7.51. The molecule has 0 spiro atoms. The Morgan fingerprint density at radius 2 is 2.22 bits per heavy atom. The fraction of sp³-hybridized carbons (Fsp3) is 0.571. The van der Waals surface area contributed by atoms with Crippen molar-refractivity contribution in [3.63, 3.8) is 0 Å². The van der Waals surface area contributed by atoms with E-state index in [0.29, 0.717) is 19.1 Å². The summed E-state index contributed by atoms with van der Waals surface area (Å²) in [5.74, 6) is 0. The highest BCUT2D eigenvalue weighted by atomic mass is 79.9. The van der Waals surface area contributed by atoms with Crippen LogP contribution < -0.4 is 5.32 Å². The molecule has 1 rings (SSSR count). The van der Waals surface area contributed by atoms with Gasteiger partial charge in [-0.2, -0.15) is 0 Å². The molecule has 0 radical (unpaired) electrons. The van der Waals surface area contributed by atoms with Gasteiger partial charge in [-0.05, 0) is 37.1 Å². The molecule has 18 heavy (non-hydrogen) atoms. The van der Waals surface area contributed by atoms with Crippen LogP contribution in [0.2, 0.25) is 0 Å². The van der Waals surface area contributed by atoms with Crippen LogP contribution in [0.1, 0.15) is 31.4 Å². The fourth-order valence-electron chi connectivity index (χ4n) is 1.92. The second kappa shape index (κ2) is 8.64. The van der Waals surface area contributed by atoms with Crippen LogP contribution in [-0.2, 0) is 4.74 Å². The van der Waals surface area contributed by atoms with E-state index in [9.17, 15) is 5.11 Å². The standard InChI is InChI=1S/C14H22BrNO2/c1-3-14(11-5-4-6-12(15)9-11)16-8-7-13(17)10-18-2/h4-6,9,13-14,16-17H,3,7-8,10H2,1-2H3. The molecule has 3 nitrogen and oxygen atoms in total. The number of aliphatic hydroxyl groups is 1. The van der Waals surface area contributed by atoms with Gasteiger partial charge in [-0.25, -0.2) is 0 Å². The first kappa shape index (κ1) is 15.6. The van der Waals surface area contributed by atoms with E-state index < -0.39 is 0 Å². The van der Waals surface area contributed by atoms with Gasteiger partial charge in [0.2, 0.25) is 0 Å². The molecule has 1 aromatic rings. The zero-order valence-electron chi connectivity index (χ0n) is 11.0. The van der Waals surface area contributed by atoms with Crippen molar-refractivity contribution >= 4 is 15.9 Å². The van der Waals surface area contributed by atoms with E-state index in [1.807, 2.05) is 12.1 Å². The van der Waals surface area contributed by atoms with Gasteiger partial charge in [0.15, 0.2) is 0 Å². The molecule has 2 atom stereocenters. The van der Waals surface area contributed by atoms with Crippen LogP contribution in [0, 0.1) is 0 Å². The van der Waals surface area contributed by atoms with E-state index in [2.05, 4.69) is 40.3 Å². The number of methoxy groups -OCH3 is 1. The first-order chi connectivity index (χ1) is 8.67. The lowest BCUT2D eigenvalue weighted by molar-refractivity contribution is 0.0589. The SMILES string of the molecule is CCC(NCCC(O)COC)c1cccc(Br)c1. The lowest BCUT2D eigenvalue weighted by Crippen LogP contribution is -2.26. The molecule has 102 valence electrons. The molecule has 0 fully saturated rings. The molecule has 0 aliphatic carbocycles. The van der Waals surface area contributed by atoms with Crippen LogP contribution in [0.3, 0.4) is 0 Å². The van der Waals surface area contributed by atoms with Crippen LogP contribution >= 0.6 is 15.9 Å². The van der Waals surface area contributed by atoms with Crippen molar-refractivity contribution in [2.75, 3.05) is 20.3 Å². The van der Waals surface area contributed by atoms with E-state index in [4.69, 9.17) is 4.74 Å². The lowest BCUT2D eigenvalue weighted by atomic mass is 10.0. The van der Waals surface area contributed by atoms with Gasteiger partial charge in [0.05, 0.1) is 12.7 Å². The van der Waals surface area contributed by atoms with E-state index >= 15 is 0 Å². The Balaban J connectivity index is 2.43. The van der Waals surface area contributed by atoms with Crippen LogP contribution in [-0.4, -0.2) is 31.5 Å². The van der Waals surface area contributed by atoms with Crippen molar-refractivity contribution in [2.45, 2.75) is 31.9 Å². The van der Waals surface area contributed by atoms with E-state index in [-0.39, 0.29) is 6.10 Å². The highest BCUT2D eigenvalue weighted by Gasteiger charge is 2.10. The predicted octanol–water partition coefficient (Wildman–Crippen LogP) is 2.89. The first-order valence-corrected chi connectivity index (χ1v) is 7.12. The Morgan fingerprint density at radius 3 is 2.83 bits per heavy atom. The minimum absolute atomic E-state index is 0.331. The van der Waals surface area contributed by atoms with Crippen molar-refractivity contribution < 1.29 is 9.84 Å². The molecule has 4 heteroatoms. The molecule has 2 unspecified atom stereocenters. The number of hydrogen-bond donors (Lipinski definition) is 2. The monoisotopic (exact) mass is 315 g/mol. The number of rotatable bonds is 8. The van der Waals surface area contributed by atoms with Crippen LogP contribution in [0.4, 0.5) is 0 Å². The van der Waals surface area contributed by atoms with Gasteiger partial charge < -0.3 is 15.2 Å². The zero-order chi connectivity index (χ0) is 13.4. The number of hydrogen-bond acceptors (Lipinski definition) is 3. The number of benzene rings is 1. The molecule has 0 aromatic heterocycles. The molecule has 0 amide bonds. The van der Waals surface area contributed by atoms with Crippen LogP contribution in [0.15, 0.2) is 28.7 Å². The van der Waals surface area contributed by atoms with Gasteiger partial charge in [-0.1, -0.05) is 35.0 Å². The minimum Gasteiger partial charge on any atom is -0.391 e. The second-order valence-electron chi connectivity index (χ2n) is 4.37. The van der Waals surface area contributed by atoms with Gasteiger partial charge >= 0.3 is 0 Å². The topological polar surface area (TPSA) is 41.5 Å². The Bertz CT molecular complexity index is 346. The number of nitrogens with one attached hydrogen (secondary N) is 1. The van der Waals surface area contributed by atoms with Crippen LogP contribution in [0.25, 0.3) is 0 Å². The summed E-state index contributed by atoms with van der Waals surface area (Å²) >= 11 is 3.49. The van der Waals surface area contributed by atoms with Gasteiger partial charge in [-0.3, -0.25) is 0 Å². The summed E-state index contributed by atoms with van der Waals surface area (Å²) in [6, 6.07) is 8.66. The largest absolute Gasteiger partial charge is 0.391 e. The third kappa shape index (κ3) is 5.48. The molecule has 0 saturated carbocycles. The Morgan fingerprint density at radius 1 is 1.44 bits per heavy atom. The summed E-state index contributed by atoms with van der Waals surface area (Å²) in [4.78, 5) is 0. The number of ether oxygens (including phenoxy) is 1. The second-order valence-corrected chi connectivity index (χ2v) is 5.28. The van der Waals surface area contributed by atoms with Gasteiger partial charge in [0.1, 0.15) is 0 Å². The van der Waals surface area contributed by atoms with E-state index in [1.165, 1.54) is 5.56 Å². The first-order valence-electron chi connectivity index (χ1n) is 6.33. The van der Waals surface area contributed by atoms with Gasteiger partial charge in [-0.15, -0.1) is 0 Å². The summed E-state index contributed by atoms with van der Waals surface area (Å²) in [5, 5.41) is 13.0. The van der Waals surface area contributed by atoms with E-state index in [0.717, 1.165) is 17.4 Å². The highest BCUT2D eigenvalue weighted by molar-refractivity contribution is 9.10. The van der Waals surface area contributed by atoms with Crippen molar-refractivity contribution in [3.05, 3.63) is 34.3 Å². The average molecular weight is 316 g/mol. The normalized spacial score (nSPS) is 14.4. The summed E-state index contributed by atoms with van der Waals surface area (Å²) in [5.41, 5.74) is 1.27. The van der Waals surface area contributed by atoms with Gasteiger partial charge in [0.25, 0.3) is 0 Å². The molecule has 0 aliphatic rings. The molecule has 0 aliphatic heterocycles. The quantitative estimate of drug-likeness (QED) is 0.775. The predicted molar refractivity (Wildman–Crippen MR) is 77.7 cm³/mol. The summed E-state index contributed by atoms with van der Waals surface area (Å²) < 4.78 is 6.00. The maximum atomic E-state index is 9.58. The average Bonchev–Trinajstić information content (AvgIpc) is 2.35. The molecule has 0 heterocycles. The summed E-state index contributed by atoms with van der Waals surface area (Å²) in [7, 11) is 1.60. The van der Waals surface area contributed by atoms with Crippen LogP contribution in [0.5, 0.6) is 0 Å². The molecular weight excluding hydrogens is 294 g/mol. The third-order valence-electron chi connectivity index (χ3n) is 2.89. The molecule has 1 aromatic carbocycles. The summed E-state index contributed by atoms with van der Waals surface area (Å²) in [6.45, 7) is 3.34. The Hall–Kier alpha value is -0.420. The fourth-order valence-corrected chi connectivity index (χ4v) is 2.34. The number of aliphatic hydroxyl groups excluding tert-OH is 1. The number of halogens is 1. The summed E-state index contributed by atoms with van der Waals surface area (Å²) in [6.07, 6.45) is 1.34. The molecule has 0 bridgehead atoms. The highest BCUT2D eigenvalue weighted by Crippen LogP contribution is 2.20. The third-order valence-corrected chi connectivity index (χ3v) is 3.38. The smallest absolute Gasteiger partial charge is 0.0785 e.